The maximum absolute atomic E-state index is 13.9. The van der Waals surface area contributed by atoms with Crippen molar-refractivity contribution in [2.75, 3.05) is 0 Å². The average Bonchev–Trinajstić information content (AvgIpc) is 3.60. The lowest BCUT2D eigenvalue weighted by Gasteiger charge is -2.30. The molecule has 2 aliphatic rings. The van der Waals surface area contributed by atoms with Crippen molar-refractivity contribution in [3.8, 4) is 5.75 Å². The monoisotopic (exact) mass is 600 g/mol. The summed E-state index contributed by atoms with van der Waals surface area (Å²) in [4.78, 5) is 20.9. The van der Waals surface area contributed by atoms with Crippen LogP contribution in [0.1, 0.15) is 39.6 Å². The van der Waals surface area contributed by atoms with Gasteiger partial charge in [0, 0.05) is 26.0 Å². The third-order valence-corrected chi connectivity index (χ3v) is 9.75. The number of halogens is 2. The number of ether oxygens (including phenoxy) is 1. The van der Waals surface area contributed by atoms with Gasteiger partial charge in [-0.25, -0.2) is 4.99 Å². The van der Waals surface area contributed by atoms with Gasteiger partial charge < -0.3 is 4.74 Å². The number of rotatable bonds is 5. The van der Waals surface area contributed by atoms with Gasteiger partial charge in [-0.3, -0.25) is 9.36 Å². The van der Waals surface area contributed by atoms with Gasteiger partial charge in [-0.2, -0.15) is 0 Å². The van der Waals surface area contributed by atoms with E-state index in [1.807, 2.05) is 41.0 Å². The molecule has 40 heavy (non-hydrogen) atoms. The zero-order valence-corrected chi connectivity index (χ0v) is 24.3. The Hall–Kier alpha value is -3.42. The Morgan fingerprint density at radius 1 is 1.00 bits per heavy atom. The van der Waals surface area contributed by atoms with Gasteiger partial charge in [0.1, 0.15) is 12.4 Å². The molecule has 3 aromatic carbocycles. The van der Waals surface area contributed by atoms with E-state index >= 15 is 0 Å². The van der Waals surface area contributed by atoms with E-state index in [0.29, 0.717) is 26.9 Å². The largest absolute Gasteiger partial charge is 0.489 e. The molecule has 0 saturated heterocycles. The first-order valence-electron chi connectivity index (χ1n) is 12.9. The molecule has 0 unspecified atom stereocenters. The number of benzene rings is 3. The van der Waals surface area contributed by atoms with Gasteiger partial charge in [0.25, 0.3) is 5.56 Å². The Labute approximate surface area is 248 Å². The van der Waals surface area contributed by atoms with E-state index in [9.17, 15) is 4.79 Å². The Morgan fingerprint density at radius 3 is 2.75 bits per heavy atom. The second-order valence-corrected chi connectivity index (χ2v) is 12.6. The molecule has 8 heteroatoms. The van der Waals surface area contributed by atoms with Crippen LogP contribution in [0.2, 0.25) is 10.0 Å². The molecule has 0 fully saturated rings. The van der Waals surface area contributed by atoms with Crippen LogP contribution in [0, 0.1) is 0 Å². The van der Waals surface area contributed by atoms with Crippen molar-refractivity contribution >= 4 is 57.6 Å². The number of aromatic nitrogens is 1. The van der Waals surface area contributed by atoms with Crippen molar-refractivity contribution in [2.24, 2.45) is 4.99 Å². The number of hydrogen-bond acceptors (Lipinski definition) is 5. The normalized spacial score (nSPS) is 16.2. The minimum atomic E-state index is -0.138. The van der Waals surface area contributed by atoms with E-state index in [1.54, 1.807) is 23.5 Å². The summed E-state index contributed by atoms with van der Waals surface area (Å²) in [5, 5.41) is 3.23. The zero-order valence-electron chi connectivity index (χ0n) is 21.1. The third kappa shape index (κ3) is 4.65. The molecule has 3 heterocycles. The number of aryl methyl sites for hydroxylation is 1. The van der Waals surface area contributed by atoms with Crippen LogP contribution in [0.4, 0.5) is 0 Å². The van der Waals surface area contributed by atoms with Crippen molar-refractivity contribution in [3.63, 3.8) is 0 Å². The topological polar surface area (TPSA) is 43.6 Å². The standard InChI is InChI=1S/C32H22Cl2N2O2S2/c33-22-12-10-21(26(34)17-22)18-38-23-7-3-5-19(15-23)16-28-31(37)36-30(27-9-4-14-39-27)25-13-11-20-6-1-2-8-24(20)29(25)35-32(36)40-28/h1-10,12,14-17,30H,11,13,18H2/b28-16+/t30-/m1/s1. The molecule has 198 valence electrons. The van der Waals surface area contributed by atoms with Gasteiger partial charge in [0.15, 0.2) is 4.80 Å². The molecule has 0 bridgehead atoms. The molecule has 0 radical (unpaired) electrons. The van der Waals surface area contributed by atoms with E-state index in [1.165, 1.54) is 28.0 Å². The summed E-state index contributed by atoms with van der Waals surface area (Å²) in [7, 11) is 0. The maximum atomic E-state index is 13.9. The van der Waals surface area contributed by atoms with Crippen molar-refractivity contribution in [1.29, 1.82) is 0 Å². The summed E-state index contributed by atoms with van der Waals surface area (Å²) in [6.45, 7) is 0.315. The number of nitrogens with zero attached hydrogens (tertiary/aromatic N) is 2. The van der Waals surface area contributed by atoms with E-state index in [-0.39, 0.29) is 11.6 Å². The molecular weight excluding hydrogens is 579 g/mol. The van der Waals surface area contributed by atoms with Crippen LogP contribution in [0.15, 0.2) is 99.6 Å². The molecule has 5 aromatic rings. The highest BCUT2D eigenvalue weighted by Crippen LogP contribution is 2.42. The molecule has 1 atom stereocenters. The van der Waals surface area contributed by atoms with E-state index in [0.717, 1.165) is 39.3 Å². The van der Waals surface area contributed by atoms with Gasteiger partial charge in [-0.1, -0.05) is 83.1 Å². The first-order chi connectivity index (χ1) is 19.5. The molecular formula is C32H22Cl2N2O2S2. The second-order valence-electron chi connectivity index (χ2n) is 9.73. The SMILES string of the molecule is O=c1/c(=C\c2cccc(OCc3ccc(Cl)cc3Cl)c2)sc2n1[C@@H](c1cccs1)C1=C(N=2)c2ccccc2CC1. The Kier molecular flexibility index (Phi) is 6.72. The predicted octanol–water partition coefficient (Wildman–Crippen LogP) is 7.27. The first-order valence-corrected chi connectivity index (χ1v) is 15.3. The molecule has 1 aliphatic heterocycles. The lowest BCUT2D eigenvalue weighted by atomic mass is 9.85. The molecule has 0 amide bonds. The minimum Gasteiger partial charge on any atom is -0.489 e. The summed E-state index contributed by atoms with van der Waals surface area (Å²) >= 11 is 15.4. The molecule has 2 aromatic heterocycles. The van der Waals surface area contributed by atoms with Crippen LogP contribution in [0.3, 0.4) is 0 Å². The van der Waals surface area contributed by atoms with Crippen molar-refractivity contribution in [3.05, 3.63) is 147 Å². The van der Waals surface area contributed by atoms with Crippen LogP contribution in [-0.4, -0.2) is 4.57 Å². The zero-order chi connectivity index (χ0) is 27.2. The second kappa shape index (κ2) is 10.5. The van der Waals surface area contributed by atoms with Gasteiger partial charge in [-0.15, -0.1) is 11.3 Å². The Balaban J connectivity index is 1.28. The fourth-order valence-corrected chi connectivity index (χ4v) is 7.68. The number of hydrogen-bond donors (Lipinski definition) is 0. The van der Waals surface area contributed by atoms with Crippen LogP contribution in [0.25, 0.3) is 11.8 Å². The lowest BCUT2D eigenvalue weighted by molar-refractivity contribution is 0.306. The summed E-state index contributed by atoms with van der Waals surface area (Å²) < 4.78 is 8.55. The van der Waals surface area contributed by atoms with Gasteiger partial charge in [0.05, 0.1) is 16.3 Å². The smallest absolute Gasteiger partial charge is 0.271 e. The van der Waals surface area contributed by atoms with Crippen molar-refractivity contribution in [1.82, 2.24) is 4.57 Å². The Morgan fingerprint density at radius 2 is 1.90 bits per heavy atom. The fourth-order valence-electron chi connectivity index (χ4n) is 5.36. The third-order valence-electron chi connectivity index (χ3n) is 7.25. The highest BCUT2D eigenvalue weighted by molar-refractivity contribution is 7.10. The molecule has 4 nitrogen and oxygen atoms in total. The number of fused-ring (bicyclic) bond motifs is 3. The fraction of sp³-hybridized carbons (Fsp3) is 0.125. The van der Waals surface area contributed by atoms with Gasteiger partial charge in [0.2, 0.25) is 0 Å². The summed E-state index contributed by atoms with van der Waals surface area (Å²) in [5.41, 5.74) is 6.43. The molecule has 0 saturated carbocycles. The molecule has 1 aliphatic carbocycles. The first kappa shape index (κ1) is 25.5. The quantitative estimate of drug-likeness (QED) is 0.213. The van der Waals surface area contributed by atoms with E-state index < -0.39 is 0 Å². The lowest BCUT2D eigenvalue weighted by Crippen LogP contribution is -2.38. The predicted molar refractivity (Wildman–Crippen MR) is 164 cm³/mol. The van der Waals surface area contributed by atoms with E-state index in [2.05, 4.69) is 41.8 Å². The number of allylic oxidation sites excluding steroid dienone is 1. The average molecular weight is 602 g/mol. The van der Waals surface area contributed by atoms with Crippen LogP contribution in [-0.2, 0) is 13.0 Å². The van der Waals surface area contributed by atoms with Crippen LogP contribution < -0.4 is 19.6 Å². The Bertz CT molecular complexity index is 1970. The molecule has 0 spiro atoms. The highest BCUT2D eigenvalue weighted by Gasteiger charge is 2.33. The van der Waals surface area contributed by atoms with Gasteiger partial charge >= 0.3 is 0 Å². The van der Waals surface area contributed by atoms with Crippen molar-refractivity contribution < 1.29 is 4.74 Å². The number of thiazole rings is 1. The molecule has 0 N–H and O–H groups in total. The van der Waals surface area contributed by atoms with E-state index in [4.69, 9.17) is 32.9 Å². The summed E-state index contributed by atoms with van der Waals surface area (Å²) in [6, 6.07) is 25.6. The molecule has 7 rings (SSSR count). The number of thiophene rings is 1. The van der Waals surface area contributed by atoms with Crippen LogP contribution >= 0.6 is 45.9 Å². The minimum absolute atomic E-state index is 0.0215. The maximum Gasteiger partial charge on any atom is 0.271 e. The summed E-state index contributed by atoms with van der Waals surface area (Å²) in [6.07, 6.45) is 3.76. The van der Waals surface area contributed by atoms with Crippen molar-refractivity contribution in [2.45, 2.75) is 25.5 Å². The summed E-state index contributed by atoms with van der Waals surface area (Å²) in [5.74, 6) is 0.691. The highest BCUT2D eigenvalue weighted by atomic mass is 35.5. The van der Waals surface area contributed by atoms with Crippen LogP contribution in [0.5, 0.6) is 5.75 Å². The van der Waals surface area contributed by atoms with Gasteiger partial charge in [-0.05, 0) is 71.3 Å².